The van der Waals surface area contributed by atoms with Crippen molar-refractivity contribution in [2.24, 2.45) is 17.8 Å². The third-order valence-corrected chi connectivity index (χ3v) is 4.27. The monoisotopic (exact) mass is 254 g/mol. The second-order valence-electron chi connectivity index (χ2n) is 5.96. The second-order valence-corrected chi connectivity index (χ2v) is 5.96. The SMILES string of the molecule is CC(C)C(NC(=O)NC1CC2CCC1C2)C(=O)O. The smallest absolute Gasteiger partial charge is 0.326 e. The number of rotatable bonds is 4. The molecule has 2 amide bonds. The first-order valence-corrected chi connectivity index (χ1v) is 6.77. The number of hydrogen-bond acceptors (Lipinski definition) is 2. The lowest BCUT2D eigenvalue weighted by atomic mass is 9.95. The highest BCUT2D eigenvalue weighted by Gasteiger charge is 2.40. The van der Waals surface area contributed by atoms with Crippen LogP contribution in [0.4, 0.5) is 4.79 Å². The third kappa shape index (κ3) is 2.76. The van der Waals surface area contributed by atoms with Crippen LogP contribution in [-0.4, -0.2) is 29.2 Å². The summed E-state index contributed by atoms with van der Waals surface area (Å²) in [7, 11) is 0. The first-order valence-electron chi connectivity index (χ1n) is 6.77. The predicted octanol–water partition coefficient (Wildman–Crippen LogP) is 1.58. The first-order chi connectivity index (χ1) is 8.47. The Labute approximate surface area is 107 Å². The minimum atomic E-state index is -0.979. The van der Waals surface area contributed by atoms with Crippen LogP contribution >= 0.6 is 0 Å². The molecule has 0 aromatic heterocycles. The zero-order valence-corrected chi connectivity index (χ0v) is 11.0. The van der Waals surface area contributed by atoms with Gasteiger partial charge in [0.2, 0.25) is 0 Å². The molecule has 0 aliphatic heterocycles. The Balaban J connectivity index is 1.83. The van der Waals surface area contributed by atoms with Crippen molar-refractivity contribution >= 4 is 12.0 Å². The molecule has 0 heterocycles. The second kappa shape index (κ2) is 5.16. The van der Waals surface area contributed by atoms with Crippen LogP contribution < -0.4 is 10.6 Å². The number of amides is 2. The van der Waals surface area contributed by atoms with E-state index in [4.69, 9.17) is 5.11 Å². The fourth-order valence-electron chi connectivity index (χ4n) is 3.29. The van der Waals surface area contributed by atoms with Gasteiger partial charge in [0, 0.05) is 6.04 Å². The van der Waals surface area contributed by atoms with Gasteiger partial charge in [-0.15, -0.1) is 0 Å². The summed E-state index contributed by atoms with van der Waals surface area (Å²) < 4.78 is 0. The van der Waals surface area contributed by atoms with Gasteiger partial charge in [-0.3, -0.25) is 0 Å². The molecule has 2 bridgehead atoms. The predicted molar refractivity (Wildman–Crippen MR) is 67.2 cm³/mol. The zero-order valence-electron chi connectivity index (χ0n) is 11.0. The molecule has 0 radical (unpaired) electrons. The summed E-state index contributed by atoms with van der Waals surface area (Å²) in [5.74, 6) is 0.269. The molecule has 0 aromatic rings. The van der Waals surface area contributed by atoms with E-state index in [1.165, 1.54) is 19.3 Å². The van der Waals surface area contributed by atoms with E-state index in [-0.39, 0.29) is 18.0 Å². The maximum Gasteiger partial charge on any atom is 0.326 e. The van der Waals surface area contributed by atoms with Crippen LogP contribution in [0.2, 0.25) is 0 Å². The van der Waals surface area contributed by atoms with Gasteiger partial charge in [0.15, 0.2) is 0 Å². The summed E-state index contributed by atoms with van der Waals surface area (Å²) in [5, 5.41) is 14.5. The van der Waals surface area contributed by atoms with Gasteiger partial charge in [0.1, 0.15) is 6.04 Å². The molecule has 4 atom stereocenters. The molecule has 102 valence electrons. The highest BCUT2D eigenvalue weighted by molar-refractivity contribution is 5.82. The van der Waals surface area contributed by atoms with Gasteiger partial charge in [-0.25, -0.2) is 9.59 Å². The number of carbonyl (C=O) groups excluding carboxylic acids is 1. The zero-order chi connectivity index (χ0) is 13.3. The first kappa shape index (κ1) is 13.2. The van der Waals surface area contributed by atoms with Gasteiger partial charge < -0.3 is 15.7 Å². The van der Waals surface area contributed by atoms with Crippen LogP contribution in [0, 0.1) is 17.8 Å². The molecule has 5 heteroatoms. The largest absolute Gasteiger partial charge is 0.480 e. The van der Waals surface area contributed by atoms with Crippen molar-refractivity contribution in [3.63, 3.8) is 0 Å². The van der Waals surface area contributed by atoms with E-state index in [2.05, 4.69) is 10.6 Å². The summed E-state index contributed by atoms with van der Waals surface area (Å²) in [6.45, 7) is 3.58. The fraction of sp³-hybridized carbons (Fsp3) is 0.846. The highest BCUT2D eigenvalue weighted by Crippen LogP contribution is 2.44. The molecule has 2 aliphatic carbocycles. The normalized spacial score (nSPS) is 31.4. The minimum absolute atomic E-state index is 0.117. The van der Waals surface area contributed by atoms with E-state index in [0.29, 0.717) is 5.92 Å². The number of nitrogens with one attached hydrogen (secondary N) is 2. The maximum atomic E-state index is 11.8. The molecule has 5 nitrogen and oxygen atoms in total. The van der Waals surface area contributed by atoms with Gasteiger partial charge in [0.25, 0.3) is 0 Å². The molecule has 0 aromatic carbocycles. The molecule has 0 spiro atoms. The molecule has 2 fully saturated rings. The van der Waals surface area contributed by atoms with Gasteiger partial charge in [-0.2, -0.15) is 0 Å². The van der Waals surface area contributed by atoms with Crippen LogP contribution in [0.25, 0.3) is 0 Å². The Morgan fingerprint density at radius 2 is 1.94 bits per heavy atom. The van der Waals surface area contributed by atoms with Crippen molar-refractivity contribution in [2.75, 3.05) is 0 Å². The average Bonchev–Trinajstić information content (AvgIpc) is 2.86. The quantitative estimate of drug-likeness (QED) is 0.712. The lowest BCUT2D eigenvalue weighted by Crippen LogP contribution is -2.51. The standard InChI is InChI=1S/C13H22N2O3/c1-7(2)11(12(16)17)15-13(18)14-10-6-8-3-4-9(10)5-8/h7-11H,3-6H2,1-2H3,(H,16,17)(H2,14,15,18). The molecule has 2 rings (SSSR count). The number of carbonyl (C=O) groups is 2. The lowest BCUT2D eigenvalue weighted by Gasteiger charge is -2.25. The van der Waals surface area contributed by atoms with Gasteiger partial charge >= 0.3 is 12.0 Å². The van der Waals surface area contributed by atoms with Crippen LogP contribution in [0.15, 0.2) is 0 Å². The fourth-order valence-corrected chi connectivity index (χ4v) is 3.29. The average molecular weight is 254 g/mol. The van der Waals surface area contributed by atoms with E-state index in [1.54, 1.807) is 13.8 Å². The molecule has 4 unspecified atom stereocenters. The number of carboxylic acids is 1. The van der Waals surface area contributed by atoms with E-state index in [0.717, 1.165) is 12.3 Å². The third-order valence-electron chi connectivity index (χ3n) is 4.27. The molecule has 0 saturated heterocycles. The molecular formula is C13H22N2O3. The number of fused-ring (bicyclic) bond motifs is 2. The molecule has 2 saturated carbocycles. The topological polar surface area (TPSA) is 78.4 Å². The minimum Gasteiger partial charge on any atom is -0.480 e. The lowest BCUT2D eigenvalue weighted by molar-refractivity contribution is -0.140. The van der Waals surface area contributed by atoms with E-state index < -0.39 is 12.0 Å². The summed E-state index contributed by atoms with van der Waals surface area (Å²) in [6.07, 6.45) is 4.76. The highest BCUT2D eigenvalue weighted by atomic mass is 16.4. The molecule has 3 N–H and O–H groups in total. The van der Waals surface area contributed by atoms with Gasteiger partial charge in [-0.05, 0) is 37.0 Å². The summed E-state index contributed by atoms with van der Waals surface area (Å²) in [6, 6.07) is -0.914. The summed E-state index contributed by atoms with van der Waals surface area (Å²) in [4.78, 5) is 22.8. The summed E-state index contributed by atoms with van der Waals surface area (Å²) in [5.41, 5.74) is 0. The Hall–Kier alpha value is -1.26. The van der Waals surface area contributed by atoms with Crippen LogP contribution in [0.5, 0.6) is 0 Å². The Bertz CT molecular complexity index is 343. The van der Waals surface area contributed by atoms with Crippen molar-refractivity contribution in [3.8, 4) is 0 Å². The van der Waals surface area contributed by atoms with Crippen molar-refractivity contribution in [1.82, 2.24) is 10.6 Å². The van der Waals surface area contributed by atoms with Gasteiger partial charge in [-0.1, -0.05) is 20.3 Å². The van der Waals surface area contributed by atoms with Crippen LogP contribution in [-0.2, 0) is 4.79 Å². The Morgan fingerprint density at radius 3 is 2.39 bits per heavy atom. The van der Waals surface area contributed by atoms with Crippen LogP contribution in [0.3, 0.4) is 0 Å². The van der Waals surface area contributed by atoms with Crippen molar-refractivity contribution in [1.29, 1.82) is 0 Å². The van der Waals surface area contributed by atoms with E-state index in [9.17, 15) is 9.59 Å². The van der Waals surface area contributed by atoms with Crippen molar-refractivity contribution in [3.05, 3.63) is 0 Å². The van der Waals surface area contributed by atoms with Crippen LogP contribution in [0.1, 0.15) is 39.5 Å². The number of urea groups is 1. The molecule has 2 aliphatic rings. The molecular weight excluding hydrogens is 232 g/mol. The number of hydrogen-bond donors (Lipinski definition) is 3. The Kier molecular flexibility index (Phi) is 3.78. The Morgan fingerprint density at radius 1 is 1.22 bits per heavy atom. The van der Waals surface area contributed by atoms with E-state index >= 15 is 0 Å². The maximum absolute atomic E-state index is 11.8. The molecule has 18 heavy (non-hydrogen) atoms. The summed E-state index contributed by atoms with van der Waals surface area (Å²) >= 11 is 0. The number of aliphatic carboxylic acids is 1. The van der Waals surface area contributed by atoms with Crippen molar-refractivity contribution < 1.29 is 14.7 Å². The van der Waals surface area contributed by atoms with E-state index in [1.807, 2.05) is 0 Å². The van der Waals surface area contributed by atoms with Gasteiger partial charge in [0.05, 0.1) is 0 Å². The van der Waals surface area contributed by atoms with Crippen molar-refractivity contribution in [2.45, 2.75) is 51.6 Å². The number of carboxylic acid groups (broad SMARTS) is 1.